The van der Waals surface area contributed by atoms with E-state index in [1.54, 1.807) is 6.20 Å². The first-order valence-corrected chi connectivity index (χ1v) is 11.1. The molecule has 1 N–H and O–H groups in total. The molecule has 1 aromatic heterocycles. The molecule has 1 amide bonds. The molecule has 0 spiro atoms. The molecule has 0 fully saturated rings. The minimum absolute atomic E-state index is 0.0607. The summed E-state index contributed by atoms with van der Waals surface area (Å²) >= 11 is 0. The van der Waals surface area contributed by atoms with Crippen LogP contribution in [0, 0.1) is 0 Å². The number of aromatic nitrogens is 1. The van der Waals surface area contributed by atoms with E-state index in [1.807, 2.05) is 18.3 Å². The number of amides is 1. The highest BCUT2D eigenvalue weighted by Crippen LogP contribution is 2.16. The first kappa shape index (κ1) is 23.5. The van der Waals surface area contributed by atoms with E-state index >= 15 is 0 Å². The van der Waals surface area contributed by atoms with Crippen molar-refractivity contribution in [2.45, 2.75) is 103 Å². The van der Waals surface area contributed by atoms with Crippen molar-refractivity contribution in [3.05, 3.63) is 30.1 Å². The SMILES string of the molecule is CCCCCCCCCC(CCCCC)OC(=O)NCCc1cccnc1. The van der Waals surface area contributed by atoms with Crippen LogP contribution in [-0.2, 0) is 11.2 Å². The summed E-state index contributed by atoms with van der Waals surface area (Å²) in [5.74, 6) is 0. The summed E-state index contributed by atoms with van der Waals surface area (Å²) in [4.78, 5) is 16.2. The Morgan fingerprint density at radius 1 is 1.00 bits per heavy atom. The third-order valence-electron chi connectivity index (χ3n) is 4.94. The Morgan fingerprint density at radius 3 is 2.30 bits per heavy atom. The van der Waals surface area contributed by atoms with E-state index in [2.05, 4.69) is 24.1 Å². The van der Waals surface area contributed by atoms with E-state index in [4.69, 9.17) is 4.74 Å². The second kappa shape index (κ2) is 16.6. The molecule has 4 nitrogen and oxygen atoms in total. The van der Waals surface area contributed by atoms with Crippen LogP contribution in [0.25, 0.3) is 0 Å². The number of ether oxygens (including phenoxy) is 1. The highest BCUT2D eigenvalue weighted by Gasteiger charge is 2.13. The Balaban J connectivity index is 2.22. The molecule has 0 saturated heterocycles. The molecule has 0 saturated carbocycles. The summed E-state index contributed by atoms with van der Waals surface area (Å²) < 4.78 is 5.71. The molecule has 0 aliphatic carbocycles. The first-order valence-electron chi connectivity index (χ1n) is 11.1. The molecule has 0 radical (unpaired) electrons. The fraction of sp³-hybridized carbons (Fsp3) is 0.739. The van der Waals surface area contributed by atoms with Crippen LogP contribution in [-0.4, -0.2) is 23.7 Å². The summed E-state index contributed by atoms with van der Waals surface area (Å²) in [7, 11) is 0. The molecule has 1 atom stereocenters. The van der Waals surface area contributed by atoms with Crippen LogP contribution in [0.5, 0.6) is 0 Å². The number of nitrogens with zero attached hydrogens (tertiary/aromatic N) is 1. The zero-order valence-corrected chi connectivity index (χ0v) is 17.5. The third kappa shape index (κ3) is 13.3. The number of carbonyl (C=O) groups is 1. The topological polar surface area (TPSA) is 51.2 Å². The van der Waals surface area contributed by atoms with Crippen LogP contribution in [0.1, 0.15) is 96.5 Å². The number of rotatable bonds is 16. The zero-order valence-electron chi connectivity index (χ0n) is 17.5. The van der Waals surface area contributed by atoms with Gasteiger partial charge in [0.25, 0.3) is 0 Å². The van der Waals surface area contributed by atoms with E-state index in [-0.39, 0.29) is 12.2 Å². The molecule has 1 rings (SSSR count). The Kier molecular flexibility index (Phi) is 14.4. The summed E-state index contributed by atoms with van der Waals surface area (Å²) in [6.45, 7) is 5.04. The minimum Gasteiger partial charge on any atom is -0.446 e. The highest BCUT2D eigenvalue weighted by molar-refractivity contribution is 5.67. The summed E-state index contributed by atoms with van der Waals surface area (Å²) in [5.41, 5.74) is 1.13. The maximum absolute atomic E-state index is 12.1. The Hall–Kier alpha value is -1.58. The molecule has 0 aromatic carbocycles. The number of hydrogen-bond donors (Lipinski definition) is 1. The van der Waals surface area contributed by atoms with E-state index in [9.17, 15) is 4.79 Å². The third-order valence-corrected chi connectivity index (χ3v) is 4.94. The highest BCUT2D eigenvalue weighted by atomic mass is 16.6. The second-order valence-electron chi connectivity index (χ2n) is 7.47. The smallest absolute Gasteiger partial charge is 0.407 e. The van der Waals surface area contributed by atoms with Crippen LogP contribution < -0.4 is 5.32 Å². The van der Waals surface area contributed by atoms with E-state index < -0.39 is 0 Å². The minimum atomic E-state index is -0.275. The molecule has 27 heavy (non-hydrogen) atoms. The fourth-order valence-electron chi connectivity index (χ4n) is 3.26. The van der Waals surface area contributed by atoms with Gasteiger partial charge in [-0.15, -0.1) is 0 Å². The van der Waals surface area contributed by atoms with Crippen molar-refractivity contribution in [3.63, 3.8) is 0 Å². The lowest BCUT2D eigenvalue weighted by atomic mass is 10.0. The molecule has 154 valence electrons. The van der Waals surface area contributed by atoms with Crippen molar-refractivity contribution in [3.8, 4) is 0 Å². The molecular weight excluding hydrogens is 336 g/mol. The Morgan fingerprint density at radius 2 is 1.63 bits per heavy atom. The van der Waals surface area contributed by atoms with Gasteiger partial charge in [-0.3, -0.25) is 4.98 Å². The molecule has 1 aromatic rings. The largest absolute Gasteiger partial charge is 0.446 e. The zero-order chi connectivity index (χ0) is 19.6. The predicted octanol–water partition coefficient (Wildman–Crippen LogP) is 6.44. The number of alkyl carbamates (subject to hydrolysis) is 1. The average molecular weight is 377 g/mol. The molecule has 0 aliphatic rings. The van der Waals surface area contributed by atoms with Crippen LogP contribution in [0.3, 0.4) is 0 Å². The standard InChI is InChI=1S/C23H40N2O2/c1-3-5-7-8-9-10-12-16-22(15-11-6-4-2)27-23(26)25-19-17-21-14-13-18-24-20-21/h13-14,18,20,22H,3-12,15-17,19H2,1-2H3,(H,25,26). The van der Waals surface area contributed by atoms with Crippen molar-refractivity contribution >= 4 is 6.09 Å². The van der Waals surface area contributed by atoms with E-state index in [0.717, 1.165) is 37.7 Å². The average Bonchev–Trinajstić information content (AvgIpc) is 2.68. The number of unbranched alkanes of at least 4 members (excludes halogenated alkanes) is 8. The van der Waals surface area contributed by atoms with Gasteiger partial charge in [0, 0.05) is 18.9 Å². The molecular formula is C23H40N2O2. The fourth-order valence-corrected chi connectivity index (χ4v) is 3.26. The van der Waals surface area contributed by atoms with Gasteiger partial charge < -0.3 is 10.1 Å². The van der Waals surface area contributed by atoms with Crippen molar-refractivity contribution < 1.29 is 9.53 Å². The Bertz CT molecular complexity index is 465. The summed E-state index contributed by atoms with van der Waals surface area (Å²) in [5, 5.41) is 2.89. The lowest BCUT2D eigenvalue weighted by Crippen LogP contribution is -2.30. The lowest BCUT2D eigenvalue weighted by Gasteiger charge is -2.18. The Labute approximate surface area is 166 Å². The molecule has 1 unspecified atom stereocenters. The quantitative estimate of drug-likeness (QED) is 0.338. The molecule has 0 bridgehead atoms. The normalized spacial score (nSPS) is 11.9. The maximum Gasteiger partial charge on any atom is 0.407 e. The number of nitrogens with one attached hydrogen (secondary N) is 1. The van der Waals surface area contributed by atoms with Gasteiger partial charge in [0.1, 0.15) is 6.10 Å². The summed E-state index contributed by atoms with van der Waals surface area (Å²) in [6.07, 6.45) is 18.7. The van der Waals surface area contributed by atoms with Crippen molar-refractivity contribution in [2.75, 3.05) is 6.54 Å². The van der Waals surface area contributed by atoms with Crippen molar-refractivity contribution in [1.29, 1.82) is 0 Å². The summed E-state index contributed by atoms with van der Waals surface area (Å²) in [6, 6.07) is 3.94. The van der Waals surface area contributed by atoms with Crippen LogP contribution in [0.2, 0.25) is 0 Å². The molecule has 1 heterocycles. The van der Waals surface area contributed by atoms with Gasteiger partial charge in [0.15, 0.2) is 0 Å². The number of carbonyl (C=O) groups excluding carboxylic acids is 1. The van der Waals surface area contributed by atoms with Crippen molar-refractivity contribution in [2.24, 2.45) is 0 Å². The molecule has 0 aliphatic heterocycles. The van der Waals surface area contributed by atoms with Crippen molar-refractivity contribution in [1.82, 2.24) is 10.3 Å². The van der Waals surface area contributed by atoms with Gasteiger partial charge in [0.2, 0.25) is 0 Å². The monoisotopic (exact) mass is 376 g/mol. The van der Waals surface area contributed by atoms with Crippen LogP contribution in [0.15, 0.2) is 24.5 Å². The van der Waals surface area contributed by atoms with Gasteiger partial charge in [0.05, 0.1) is 0 Å². The first-order chi connectivity index (χ1) is 13.3. The number of pyridine rings is 1. The predicted molar refractivity (Wildman–Crippen MR) is 113 cm³/mol. The van der Waals surface area contributed by atoms with E-state index in [0.29, 0.717) is 6.54 Å². The second-order valence-corrected chi connectivity index (χ2v) is 7.47. The van der Waals surface area contributed by atoms with E-state index in [1.165, 1.54) is 51.4 Å². The lowest BCUT2D eigenvalue weighted by molar-refractivity contribution is 0.0843. The van der Waals surface area contributed by atoms with Crippen LogP contribution >= 0.6 is 0 Å². The number of hydrogen-bond acceptors (Lipinski definition) is 3. The van der Waals surface area contributed by atoms with Gasteiger partial charge in [-0.1, -0.05) is 71.3 Å². The van der Waals surface area contributed by atoms with Gasteiger partial charge in [-0.2, -0.15) is 0 Å². The van der Waals surface area contributed by atoms with Gasteiger partial charge >= 0.3 is 6.09 Å². The van der Waals surface area contributed by atoms with Crippen LogP contribution in [0.4, 0.5) is 4.79 Å². The van der Waals surface area contributed by atoms with Gasteiger partial charge in [-0.05, 0) is 43.7 Å². The maximum atomic E-state index is 12.1. The van der Waals surface area contributed by atoms with Gasteiger partial charge in [-0.25, -0.2) is 4.79 Å². The molecule has 4 heteroatoms.